The molecule has 0 fully saturated rings. The number of benzene rings is 2. The highest BCUT2D eigenvalue weighted by molar-refractivity contribution is 6.16. The van der Waals surface area contributed by atoms with Crippen LogP contribution in [-0.4, -0.2) is 25.4 Å². The molecule has 0 unspecified atom stereocenters. The van der Waals surface area contributed by atoms with E-state index in [9.17, 15) is 14.5 Å². The fourth-order valence-corrected chi connectivity index (χ4v) is 3.22. The second-order valence-corrected chi connectivity index (χ2v) is 6.43. The number of rotatable bonds is 5. The van der Waals surface area contributed by atoms with Crippen LogP contribution in [0.3, 0.4) is 0 Å². The minimum atomic E-state index is -0.490. The first-order valence-corrected chi connectivity index (χ1v) is 8.76. The first-order valence-electron chi connectivity index (χ1n) is 8.76. The predicted molar refractivity (Wildman–Crippen MR) is 103 cm³/mol. The van der Waals surface area contributed by atoms with E-state index in [-0.39, 0.29) is 30.1 Å². The van der Waals surface area contributed by atoms with Gasteiger partial charge in [-0.2, -0.15) is 0 Å². The summed E-state index contributed by atoms with van der Waals surface area (Å²) in [6.07, 6.45) is 0. The van der Waals surface area contributed by atoms with E-state index in [1.807, 2.05) is 0 Å². The van der Waals surface area contributed by atoms with Gasteiger partial charge >= 0.3 is 0 Å². The maximum atomic E-state index is 14.5. The van der Waals surface area contributed by atoms with Crippen LogP contribution in [0.4, 0.5) is 10.1 Å². The molecule has 0 atom stereocenters. The van der Waals surface area contributed by atoms with Crippen LogP contribution in [0.1, 0.15) is 29.7 Å². The van der Waals surface area contributed by atoms with Crippen molar-refractivity contribution in [1.82, 2.24) is 14.8 Å². The summed E-state index contributed by atoms with van der Waals surface area (Å²) in [7, 11) is 0. The monoisotopic (exact) mass is 393 g/mol. The number of nitro benzene ring substituents is 1. The van der Waals surface area contributed by atoms with Crippen LogP contribution in [-0.2, 0) is 17.9 Å². The van der Waals surface area contributed by atoms with Crippen LogP contribution < -0.4 is 0 Å². The summed E-state index contributed by atoms with van der Waals surface area (Å²) in [4.78, 5) is 15.8. The average Bonchev–Trinajstić information content (AvgIpc) is 3.02. The Hall–Kier alpha value is -3.88. The third-order valence-electron chi connectivity index (χ3n) is 4.44. The van der Waals surface area contributed by atoms with Gasteiger partial charge in [-0.3, -0.25) is 19.7 Å². The molecule has 0 saturated heterocycles. The lowest BCUT2D eigenvalue weighted by Gasteiger charge is -2.14. The number of halogens is 1. The largest absolute Gasteiger partial charge is 0.491 e. The van der Waals surface area contributed by atoms with E-state index < -0.39 is 10.7 Å². The number of para-hydroxylation sites is 1. The Morgan fingerprint density at radius 1 is 1.24 bits per heavy atom. The van der Waals surface area contributed by atoms with Gasteiger partial charge in [-0.05, 0) is 19.1 Å². The van der Waals surface area contributed by atoms with Crippen LogP contribution in [0.2, 0.25) is 0 Å². The van der Waals surface area contributed by atoms with E-state index in [2.05, 4.69) is 21.8 Å². The molecule has 2 heterocycles. The van der Waals surface area contributed by atoms with Gasteiger partial charge < -0.3 is 4.74 Å². The van der Waals surface area contributed by atoms with Gasteiger partial charge in [0.2, 0.25) is 0 Å². The van der Waals surface area contributed by atoms with Crippen LogP contribution in [0.15, 0.2) is 59.8 Å². The van der Waals surface area contributed by atoms with Crippen LogP contribution in [0, 0.1) is 15.9 Å². The minimum absolute atomic E-state index is 0.0306. The van der Waals surface area contributed by atoms with Gasteiger partial charge in [0.25, 0.3) is 5.69 Å². The Kier molecular flexibility index (Phi) is 4.63. The number of aromatic nitrogens is 3. The Morgan fingerprint density at radius 2 is 2.00 bits per heavy atom. The predicted octanol–water partition coefficient (Wildman–Crippen LogP) is 3.72. The molecule has 0 spiro atoms. The third-order valence-corrected chi connectivity index (χ3v) is 4.44. The highest BCUT2D eigenvalue weighted by Crippen LogP contribution is 2.33. The molecule has 0 radical (unpaired) electrons. The van der Waals surface area contributed by atoms with E-state index in [0.717, 1.165) is 0 Å². The van der Waals surface area contributed by atoms with Gasteiger partial charge in [0.15, 0.2) is 11.6 Å². The van der Waals surface area contributed by atoms with Crippen molar-refractivity contribution in [1.29, 1.82) is 0 Å². The lowest BCUT2D eigenvalue weighted by atomic mass is 9.99. The molecule has 1 aliphatic rings. The second-order valence-electron chi connectivity index (χ2n) is 6.43. The van der Waals surface area contributed by atoms with Crippen molar-refractivity contribution in [3.63, 3.8) is 0 Å². The molecule has 0 aliphatic carbocycles. The summed E-state index contributed by atoms with van der Waals surface area (Å²) < 4.78 is 21.5. The summed E-state index contributed by atoms with van der Waals surface area (Å²) in [5, 5.41) is 20.0. The third kappa shape index (κ3) is 3.27. The van der Waals surface area contributed by atoms with Gasteiger partial charge in [0.05, 0.1) is 16.4 Å². The first-order chi connectivity index (χ1) is 14.0. The molecule has 9 heteroatoms. The molecule has 0 saturated carbocycles. The van der Waals surface area contributed by atoms with E-state index in [4.69, 9.17) is 4.74 Å². The van der Waals surface area contributed by atoms with Crippen molar-refractivity contribution in [2.24, 2.45) is 4.99 Å². The number of hydrogen-bond donors (Lipinski definition) is 0. The fraction of sp³-hybridized carbons (Fsp3) is 0.150. The molecule has 1 aliphatic heterocycles. The van der Waals surface area contributed by atoms with Crippen LogP contribution >= 0.6 is 0 Å². The molecule has 8 nitrogen and oxygen atoms in total. The van der Waals surface area contributed by atoms with Gasteiger partial charge in [-0.1, -0.05) is 30.8 Å². The molecular formula is C20H16FN5O3. The molecule has 3 aromatic rings. The SMILES string of the molecule is C=C(C)OCc1nnc2n1-c1c(cccc1[N+](=O)[O-])C(c1ccccc1F)=NC2. The van der Waals surface area contributed by atoms with E-state index >= 15 is 0 Å². The van der Waals surface area contributed by atoms with Crippen molar-refractivity contribution in [2.45, 2.75) is 20.1 Å². The first kappa shape index (κ1) is 18.5. The highest BCUT2D eigenvalue weighted by atomic mass is 19.1. The zero-order valence-corrected chi connectivity index (χ0v) is 15.5. The molecule has 2 aromatic carbocycles. The summed E-state index contributed by atoms with van der Waals surface area (Å²) in [6, 6.07) is 10.8. The average molecular weight is 393 g/mol. The van der Waals surface area contributed by atoms with Crippen molar-refractivity contribution in [3.05, 3.63) is 93.5 Å². The van der Waals surface area contributed by atoms with Gasteiger partial charge in [0, 0.05) is 17.2 Å². The standard InChI is InChI=1S/C20H16FN5O3/c1-12(2)29-11-18-24-23-17-10-22-19(13-6-3-4-8-15(13)21)14-7-5-9-16(26(27)28)20(14)25(17)18/h3-9H,1,10-11H2,2H3. The number of hydrogen-bond acceptors (Lipinski definition) is 6. The molecule has 0 amide bonds. The summed E-state index contributed by atoms with van der Waals surface area (Å²) in [5.41, 5.74) is 1.06. The van der Waals surface area contributed by atoms with Gasteiger partial charge in [-0.15, -0.1) is 10.2 Å². The van der Waals surface area contributed by atoms with Crippen molar-refractivity contribution >= 4 is 11.4 Å². The van der Waals surface area contributed by atoms with Crippen molar-refractivity contribution in [2.75, 3.05) is 0 Å². The number of fused-ring (bicyclic) bond motifs is 3. The minimum Gasteiger partial charge on any atom is -0.491 e. The summed E-state index contributed by atoms with van der Waals surface area (Å²) >= 11 is 0. The maximum Gasteiger partial charge on any atom is 0.294 e. The molecule has 0 N–H and O–H groups in total. The molecule has 0 bridgehead atoms. The second kappa shape index (κ2) is 7.27. The number of aliphatic imine (C=N–C) groups is 1. The Labute approximate surface area is 165 Å². The maximum absolute atomic E-state index is 14.5. The van der Waals surface area contributed by atoms with Crippen LogP contribution in [0.5, 0.6) is 0 Å². The topological polar surface area (TPSA) is 95.4 Å². The number of nitro groups is 1. The normalized spacial score (nSPS) is 12.4. The molecule has 4 rings (SSSR count). The zero-order chi connectivity index (χ0) is 20.5. The van der Waals surface area contributed by atoms with E-state index in [1.54, 1.807) is 41.8 Å². The molecule has 29 heavy (non-hydrogen) atoms. The van der Waals surface area contributed by atoms with Crippen LogP contribution in [0.25, 0.3) is 5.69 Å². The Morgan fingerprint density at radius 3 is 2.72 bits per heavy atom. The zero-order valence-electron chi connectivity index (χ0n) is 15.5. The fourth-order valence-electron chi connectivity index (χ4n) is 3.22. The van der Waals surface area contributed by atoms with Crippen molar-refractivity contribution < 1.29 is 14.1 Å². The number of allylic oxidation sites excluding steroid dienone is 1. The summed E-state index contributed by atoms with van der Waals surface area (Å²) in [6.45, 7) is 5.48. The smallest absolute Gasteiger partial charge is 0.294 e. The lowest BCUT2D eigenvalue weighted by molar-refractivity contribution is -0.384. The molecule has 146 valence electrons. The van der Waals surface area contributed by atoms with Gasteiger partial charge in [0.1, 0.15) is 24.7 Å². The molecular weight excluding hydrogens is 377 g/mol. The number of ether oxygens (including phenoxy) is 1. The van der Waals surface area contributed by atoms with Crippen molar-refractivity contribution in [3.8, 4) is 5.69 Å². The number of nitrogens with zero attached hydrogens (tertiary/aromatic N) is 5. The molecule has 1 aromatic heterocycles. The Bertz CT molecular complexity index is 1170. The van der Waals surface area contributed by atoms with E-state index in [0.29, 0.717) is 28.7 Å². The Balaban J connectivity index is 1.98. The quantitative estimate of drug-likeness (QED) is 0.374. The highest BCUT2D eigenvalue weighted by Gasteiger charge is 2.30. The summed E-state index contributed by atoms with van der Waals surface area (Å²) in [5.74, 6) is 0.769. The lowest BCUT2D eigenvalue weighted by Crippen LogP contribution is -2.13. The van der Waals surface area contributed by atoms with Gasteiger partial charge in [-0.25, -0.2) is 4.39 Å². The van der Waals surface area contributed by atoms with E-state index in [1.165, 1.54) is 12.1 Å².